The number of ether oxygens (including phenoxy) is 1. The van der Waals surface area contributed by atoms with Gasteiger partial charge in [-0.05, 0) is 50.1 Å². The van der Waals surface area contributed by atoms with E-state index in [-0.39, 0.29) is 49.3 Å². The molecule has 8 nitrogen and oxygen atoms in total. The monoisotopic (exact) mass is 469 g/mol. The number of hydrogen-bond donors (Lipinski definition) is 0. The number of carbonyl (C=O) groups excluding carboxylic acids is 1. The van der Waals surface area contributed by atoms with Crippen molar-refractivity contribution in [3.05, 3.63) is 76.7 Å². The fraction of sp³-hybridized carbons (Fsp3) is 0.333. The lowest BCUT2D eigenvalue weighted by atomic mass is 10.1. The number of aryl methyl sites for hydroxylation is 3. The van der Waals surface area contributed by atoms with Crippen LogP contribution in [0, 0.1) is 20.8 Å². The number of amides is 1. The van der Waals surface area contributed by atoms with Gasteiger partial charge in [-0.15, -0.1) is 0 Å². The summed E-state index contributed by atoms with van der Waals surface area (Å²) in [6.07, 6.45) is 0. The Morgan fingerprint density at radius 3 is 2.42 bits per heavy atom. The van der Waals surface area contributed by atoms with Crippen LogP contribution in [0.2, 0.25) is 0 Å². The van der Waals surface area contributed by atoms with Gasteiger partial charge in [0.25, 0.3) is 5.91 Å². The highest BCUT2D eigenvalue weighted by Crippen LogP contribution is 2.24. The van der Waals surface area contributed by atoms with Gasteiger partial charge in [-0.25, -0.2) is 8.42 Å². The van der Waals surface area contributed by atoms with Crippen LogP contribution in [0.4, 0.5) is 0 Å². The van der Waals surface area contributed by atoms with E-state index < -0.39 is 10.0 Å². The summed E-state index contributed by atoms with van der Waals surface area (Å²) in [5, 5.41) is 3.98. The quantitative estimate of drug-likeness (QED) is 0.550. The van der Waals surface area contributed by atoms with E-state index in [4.69, 9.17) is 9.26 Å². The molecule has 2 heterocycles. The van der Waals surface area contributed by atoms with Gasteiger partial charge >= 0.3 is 0 Å². The molecule has 2 aromatic carbocycles. The van der Waals surface area contributed by atoms with Crippen molar-refractivity contribution in [2.24, 2.45) is 0 Å². The molecule has 1 aliphatic heterocycles. The summed E-state index contributed by atoms with van der Waals surface area (Å²) in [5.41, 5.74) is 2.88. The first kappa shape index (κ1) is 23.0. The molecule has 0 bridgehead atoms. The summed E-state index contributed by atoms with van der Waals surface area (Å²) in [6, 6.07) is 14.3. The molecule has 3 aromatic rings. The Morgan fingerprint density at radius 1 is 1.03 bits per heavy atom. The van der Waals surface area contributed by atoms with Gasteiger partial charge < -0.3 is 14.2 Å². The number of aromatic nitrogens is 1. The fourth-order valence-electron chi connectivity index (χ4n) is 3.76. The van der Waals surface area contributed by atoms with Crippen LogP contribution in [-0.4, -0.2) is 54.9 Å². The van der Waals surface area contributed by atoms with Crippen LogP contribution < -0.4 is 4.74 Å². The molecule has 0 unspecified atom stereocenters. The van der Waals surface area contributed by atoms with E-state index in [1.54, 1.807) is 42.2 Å². The van der Waals surface area contributed by atoms with E-state index in [9.17, 15) is 13.2 Å². The number of piperazine rings is 1. The van der Waals surface area contributed by atoms with Gasteiger partial charge in [0.05, 0.1) is 10.5 Å². The summed E-state index contributed by atoms with van der Waals surface area (Å²) in [5.74, 6) is 0.978. The zero-order valence-corrected chi connectivity index (χ0v) is 19.8. The van der Waals surface area contributed by atoms with Crippen molar-refractivity contribution in [1.82, 2.24) is 14.4 Å². The number of rotatable bonds is 6. The molecule has 0 atom stereocenters. The third kappa shape index (κ3) is 4.79. The molecule has 4 rings (SSSR count). The van der Waals surface area contributed by atoms with Gasteiger partial charge in [0.2, 0.25) is 10.0 Å². The third-order valence-electron chi connectivity index (χ3n) is 5.81. The van der Waals surface area contributed by atoms with Crippen molar-refractivity contribution in [3.63, 3.8) is 0 Å². The Hall–Kier alpha value is -3.17. The van der Waals surface area contributed by atoms with Crippen LogP contribution in [0.15, 0.2) is 57.9 Å². The minimum Gasteiger partial charge on any atom is -0.488 e. The van der Waals surface area contributed by atoms with E-state index in [1.807, 2.05) is 32.0 Å². The van der Waals surface area contributed by atoms with E-state index in [0.717, 1.165) is 16.9 Å². The third-order valence-corrected chi connectivity index (χ3v) is 7.72. The highest BCUT2D eigenvalue weighted by atomic mass is 32.2. The van der Waals surface area contributed by atoms with E-state index in [0.29, 0.717) is 11.3 Å². The standard InChI is InChI=1S/C24H27N3O5S/c1-17-9-10-18(2)22(15-17)31-16-21-19(3)32-25-23(21)24(28)26-11-13-27(14-12-26)33(29,30)20-7-5-4-6-8-20/h4-10,15H,11-14,16H2,1-3H3. The molecular formula is C24H27N3O5S. The molecule has 174 valence electrons. The number of sulfonamides is 1. The molecule has 1 amide bonds. The van der Waals surface area contributed by atoms with Gasteiger partial charge in [-0.3, -0.25) is 4.79 Å². The highest BCUT2D eigenvalue weighted by molar-refractivity contribution is 7.89. The van der Waals surface area contributed by atoms with Gasteiger partial charge in [-0.2, -0.15) is 4.31 Å². The normalized spacial score (nSPS) is 14.9. The lowest BCUT2D eigenvalue weighted by molar-refractivity contribution is 0.0685. The largest absolute Gasteiger partial charge is 0.488 e. The minimum absolute atomic E-state index is 0.156. The van der Waals surface area contributed by atoms with Crippen LogP contribution in [-0.2, 0) is 16.6 Å². The van der Waals surface area contributed by atoms with Crippen molar-refractivity contribution in [2.45, 2.75) is 32.3 Å². The first-order valence-electron chi connectivity index (χ1n) is 10.8. The van der Waals surface area contributed by atoms with E-state index >= 15 is 0 Å². The van der Waals surface area contributed by atoms with Crippen LogP contribution in [0.3, 0.4) is 0 Å². The SMILES string of the molecule is Cc1ccc(C)c(OCc2c(C(=O)N3CCN(S(=O)(=O)c4ccccc4)CC3)noc2C)c1. The zero-order chi connectivity index (χ0) is 23.6. The van der Waals surface area contributed by atoms with Crippen LogP contribution in [0.5, 0.6) is 5.75 Å². The zero-order valence-electron chi connectivity index (χ0n) is 18.9. The molecule has 1 saturated heterocycles. The Labute approximate surface area is 193 Å². The molecular weight excluding hydrogens is 442 g/mol. The molecule has 1 aromatic heterocycles. The highest BCUT2D eigenvalue weighted by Gasteiger charge is 2.32. The summed E-state index contributed by atoms with van der Waals surface area (Å²) in [6.45, 7) is 6.83. The second-order valence-electron chi connectivity index (χ2n) is 8.13. The molecule has 9 heteroatoms. The Balaban J connectivity index is 1.44. The lowest BCUT2D eigenvalue weighted by Gasteiger charge is -2.33. The number of carbonyl (C=O) groups is 1. The van der Waals surface area contributed by atoms with Crippen molar-refractivity contribution < 1.29 is 22.5 Å². The topological polar surface area (TPSA) is 93.0 Å². The Bertz CT molecular complexity index is 1250. The maximum absolute atomic E-state index is 13.2. The summed E-state index contributed by atoms with van der Waals surface area (Å²) < 4.78 is 38.4. The first-order valence-corrected chi connectivity index (χ1v) is 12.2. The molecule has 0 N–H and O–H groups in total. The second-order valence-corrected chi connectivity index (χ2v) is 10.1. The Kier molecular flexibility index (Phi) is 6.53. The van der Waals surface area contributed by atoms with Gasteiger partial charge in [0, 0.05) is 26.2 Å². The van der Waals surface area contributed by atoms with E-state index in [2.05, 4.69) is 5.16 Å². The summed E-state index contributed by atoms with van der Waals surface area (Å²) in [7, 11) is -3.59. The first-order chi connectivity index (χ1) is 15.8. The minimum atomic E-state index is -3.59. The van der Waals surface area contributed by atoms with Crippen LogP contribution in [0.1, 0.15) is 32.9 Å². The maximum atomic E-state index is 13.2. The predicted octanol–water partition coefficient (Wildman–Crippen LogP) is 3.33. The van der Waals surface area contributed by atoms with Crippen LogP contribution >= 0.6 is 0 Å². The van der Waals surface area contributed by atoms with Crippen molar-refractivity contribution in [1.29, 1.82) is 0 Å². The number of hydrogen-bond acceptors (Lipinski definition) is 6. The fourth-order valence-corrected chi connectivity index (χ4v) is 5.21. The molecule has 0 aliphatic carbocycles. The molecule has 1 aliphatic rings. The summed E-state index contributed by atoms with van der Waals surface area (Å²) >= 11 is 0. The number of nitrogens with zero attached hydrogens (tertiary/aromatic N) is 3. The maximum Gasteiger partial charge on any atom is 0.276 e. The molecule has 1 fully saturated rings. The molecule has 0 saturated carbocycles. The average molecular weight is 470 g/mol. The van der Waals surface area contributed by atoms with Gasteiger partial charge in [0.15, 0.2) is 5.69 Å². The van der Waals surface area contributed by atoms with Crippen molar-refractivity contribution >= 4 is 15.9 Å². The lowest BCUT2D eigenvalue weighted by Crippen LogP contribution is -2.50. The summed E-state index contributed by atoms with van der Waals surface area (Å²) in [4.78, 5) is 15.0. The Morgan fingerprint density at radius 2 is 1.73 bits per heavy atom. The van der Waals surface area contributed by atoms with Gasteiger partial charge in [-0.1, -0.05) is 35.5 Å². The van der Waals surface area contributed by atoms with Crippen molar-refractivity contribution in [2.75, 3.05) is 26.2 Å². The predicted molar refractivity (Wildman–Crippen MR) is 123 cm³/mol. The smallest absolute Gasteiger partial charge is 0.276 e. The van der Waals surface area contributed by atoms with Crippen LogP contribution in [0.25, 0.3) is 0 Å². The molecule has 0 radical (unpaired) electrons. The molecule has 0 spiro atoms. The average Bonchev–Trinajstić information content (AvgIpc) is 3.20. The number of benzene rings is 2. The molecule has 33 heavy (non-hydrogen) atoms. The van der Waals surface area contributed by atoms with E-state index in [1.165, 1.54) is 4.31 Å². The van der Waals surface area contributed by atoms with Gasteiger partial charge in [0.1, 0.15) is 18.1 Å². The van der Waals surface area contributed by atoms with Crippen molar-refractivity contribution in [3.8, 4) is 5.75 Å². The second kappa shape index (κ2) is 9.36.